The molecule has 4 amide bonds. The molecule has 3 N–H and O–H groups in total. The molecule has 0 radical (unpaired) electrons. The molecule has 0 bridgehead atoms. The quantitative estimate of drug-likeness (QED) is 0.103. The molecule has 0 unspecified atom stereocenters. The Labute approximate surface area is 356 Å². The molecule has 11 nitrogen and oxygen atoms in total. The Morgan fingerprint density at radius 1 is 0.852 bits per heavy atom. The van der Waals surface area contributed by atoms with Gasteiger partial charge < -0.3 is 15.2 Å². The minimum atomic E-state index is -4.77. The van der Waals surface area contributed by atoms with E-state index in [-0.39, 0.29) is 30.2 Å². The summed E-state index contributed by atoms with van der Waals surface area (Å²) in [5.41, 5.74) is 3.04. The third-order valence-electron chi connectivity index (χ3n) is 12.3. The lowest BCUT2D eigenvalue weighted by molar-refractivity contribution is -0.139. The average molecular weight is 869 g/mol. The number of nitrogens with one attached hydrogen (secondary N) is 2. The second-order valence-electron chi connectivity index (χ2n) is 15.4. The number of ether oxygens (including phenoxy) is 1. The Hall–Kier alpha value is -6.38. The van der Waals surface area contributed by atoms with E-state index in [0.29, 0.717) is 44.7 Å². The van der Waals surface area contributed by atoms with Gasteiger partial charge in [-0.1, -0.05) is 71.2 Å². The van der Waals surface area contributed by atoms with Crippen LogP contribution in [0.1, 0.15) is 35.4 Å². The summed E-state index contributed by atoms with van der Waals surface area (Å²) < 4.78 is 46.0. The fraction of sp³-hybridized carbons (Fsp3) is 0.222. The van der Waals surface area contributed by atoms with E-state index >= 15 is 4.79 Å². The average Bonchev–Trinajstić information content (AvgIpc) is 3.62. The first-order valence-corrected chi connectivity index (χ1v) is 20.0. The summed E-state index contributed by atoms with van der Waals surface area (Å²) in [4.78, 5) is 64.4. The SMILES string of the molecule is COc1ccc([C@H]2C3=CC[C@@H]4C(=O)N(c5ccc(Nc6ccccc6)cc5)C(=O)[C@@H]4[C@@H]3C[C@H]3C(=O)N(Nc4ncc(C(F)(F)F)cc4Cl)C(=O)[C@@]23c2ccc(Cl)cc2)cc1O. The molecule has 4 aromatic carbocycles. The number of alkyl halides is 3. The number of hydrogen-bond donors (Lipinski definition) is 3. The summed E-state index contributed by atoms with van der Waals surface area (Å²) in [6.07, 6.45) is -2.31. The second kappa shape index (κ2) is 15.0. The fourth-order valence-electron chi connectivity index (χ4n) is 9.68. The first-order chi connectivity index (χ1) is 29.2. The van der Waals surface area contributed by atoms with Gasteiger partial charge in [0.05, 0.1) is 46.6 Å². The van der Waals surface area contributed by atoms with Crippen molar-refractivity contribution in [2.24, 2.45) is 23.7 Å². The van der Waals surface area contributed by atoms with Crippen molar-refractivity contribution in [2.75, 3.05) is 22.8 Å². The maximum absolute atomic E-state index is 15.4. The Morgan fingerprint density at radius 3 is 2.21 bits per heavy atom. The van der Waals surface area contributed by atoms with Crippen LogP contribution in [0, 0.1) is 23.7 Å². The maximum Gasteiger partial charge on any atom is 0.417 e. The number of rotatable bonds is 8. The van der Waals surface area contributed by atoms with Gasteiger partial charge in [-0.2, -0.15) is 18.2 Å². The molecule has 1 saturated carbocycles. The standard InChI is InChI=1S/C45H34Cl2F3N5O6/c1-61-36-18-7-23(19-35(36)56)38-30-16-17-31-37(42(59)54(40(31)57)29-14-12-28(13-15-29)52-27-5-3-2-4-6-27)32(30)21-33-41(58)55(43(60)44(33,38)24-8-10-26(46)11-9-24)53-39-34(47)20-25(22-51-39)45(48,49)50/h2-16,18-20,22,31-33,37-38,52,56H,17,21H2,1H3,(H,51,53)/t31-,32+,33-,37-,38-,44+/m0/s1. The van der Waals surface area contributed by atoms with E-state index in [9.17, 15) is 32.7 Å². The van der Waals surface area contributed by atoms with Gasteiger partial charge in [0.25, 0.3) is 11.8 Å². The van der Waals surface area contributed by atoms with E-state index in [1.54, 1.807) is 54.6 Å². The van der Waals surface area contributed by atoms with Crippen LogP contribution in [-0.2, 0) is 30.8 Å². The van der Waals surface area contributed by atoms with E-state index in [4.69, 9.17) is 27.9 Å². The van der Waals surface area contributed by atoms with Crippen LogP contribution in [0.2, 0.25) is 10.0 Å². The number of pyridine rings is 1. The highest BCUT2D eigenvalue weighted by Crippen LogP contribution is 2.64. The van der Waals surface area contributed by atoms with Gasteiger partial charge in [-0.3, -0.25) is 29.5 Å². The van der Waals surface area contributed by atoms with Crippen molar-refractivity contribution in [1.29, 1.82) is 0 Å². The number of carbonyl (C=O) groups excluding carboxylic acids is 4. The smallest absolute Gasteiger partial charge is 0.417 e. The first-order valence-electron chi connectivity index (χ1n) is 19.2. The van der Waals surface area contributed by atoms with E-state index in [2.05, 4.69) is 15.7 Å². The molecule has 61 heavy (non-hydrogen) atoms. The van der Waals surface area contributed by atoms with Gasteiger partial charge >= 0.3 is 6.18 Å². The van der Waals surface area contributed by atoms with E-state index in [1.165, 1.54) is 24.1 Å². The zero-order chi connectivity index (χ0) is 43.0. The largest absolute Gasteiger partial charge is 0.504 e. The topological polar surface area (TPSA) is 141 Å². The van der Waals surface area contributed by atoms with Gasteiger partial charge in [-0.05, 0) is 96.6 Å². The molecule has 9 rings (SSSR count). The third-order valence-corrected chi connectivity index (χ3v) is 12.8. The summed E-state index contributed by atoms with van der Waals surface area (Å²) in [6, 6.07) is 28.0. The van der Waals surface area contributed by atoms with Crippen LogP contribution in [0.15, 0.2) is 121 Å². The predicted molar refractivity (Wildman–Crippen MR) is 220 cm³/mol. The Kier molecular flexibility index (Phi) is 9.82. The van der Waals surface area contributed by atoms with Gasteiger partial charge in [0.2, 0.25) is 11.8 Å². The highest BCUT2D eigenvalue weighted by molar-refractivity contribution is 6.33. The Morgan fingerprint density at radius 2 is 1.56 bits per heavy atom. The number of amides is 4. The number of aromatic nitrogens is 1. The highest BCUT2D eigenvalue weighted by atomic mass is 35.5. The number of phenolic OH excluding ortho intramolecular Hbond substituents is 1. The minimum absolute atomic E-state index is 0.0714. The fourth-order valence-corrected chi connectivity index (χ4v) is 10.0. The molecule has 5 aromatic rings. The van der Waals surface area contributed by atoms with Gasteiger partial charge in [0.15, 0.2) is 17.3 Å². The van der Waals surface area contributed by atoms with Crippen LogP contribution in [-0.4, -0.2) is 45.8 Å². The molecular weight excluding hydrogens is 834 g/mol. The van der Waals surface area contributed by atoms with E-state index in [1.807, 2.05) is 36.4 Å². The number of benzene rings is 4. The van der Waals surface area contributed by atoms with E-state index in [0.717, 1.165) is 11.4 Å². The summed E-state index contributed by atoms with van der Waals surface area (Å²) in [6.45, 7) is 0. The molecule has 16 heteroatoms. The number of hydrogen-bond acceptors (Lipinski definition) is 9. The number of aromatic hydroxyl groups is 1. The van der Waals surface area contributed by atoms with Crippen LogP contribution >= 0.6 is 23.2 Å². The summed E-state index contributed by atoms with van der Waals surface area (Å²) >= 11 is 12.6. The molecule has 2 saturated heterocycles. The molecule has 3 fully saturated rings. The monoisotopic (exact) mass is 867 g/mol. The van der Waals surface area contributed by atoms with Gasteiger partial charge in [-0.15, -0.1) is 0 Å². The van der Waals surface area contributed by atoms with Crippen molar-refractivity contribution in [3.05, 3.63) is 148 Å². The van der Waals surface area contributed by atoms with Gasteiger partial charge in [-0.25, -0.2) is 4.98 Å². The highest BCUT2D eigenvalue weighted by Gasteiger charge is 2.70. The molecule has 310 valence electrons. The predicted octanol–water partition coefficient (Wildman–Crippen LogP) is 9.05. The number of imide groups is 2. The molecule has 1 aromatic heterocycles. The number of nitrogens with zero attached hydrogens (tertiary/aromatic N) is 3. The maximum atomic E-state index is 15.4. The van der Waals surface area contributed by atoms with Crippen LogP contribution in [0.3, 0.4) is 0 Å². The molecule has 0 spiro atoms. The van der Waals surface area contributed by atoms with Crippen LogP contribution in [0.4, 0.5) is 36.1 Å². The van der Waals surface area contributed by atoms with Crippen molar-refractivity contribution in [1.82, 2.24) is 9.99 Å². The van der Waals surface area contributed by atoms with Crippen LogP contribution < -0.4 is 20.4 Å². The summed E-state index contributed by atoms with van der Waals surface area (Å²) in [5, 5.41) is 15.0. The number of hydrazine groups is 1. The molecule has 6 atom stereocenters. The minimum Gasteiger partial charge on any atom is -0.504 e. The number of phenols is 1. The van der Waals surface area contributed by atoms with Crippen molar-refractivity contribution < 1.29 is 42.2 Å². The lowest BCUT2D eigenvalue weighted by Crippen LogP contribution is -2.53. The normalized spacial score (nSPS) is 24.6. The van der Waals surface area contributed by atoms with Crippen molar-refractivity contribution in [3.63, 3.8) is 0 Å². The van der Waals surface area contributed by atoms with E-state index < -0.39 is 75.4 Å². The number of halogens is 5. The first kappa shape index (κ1) is 40.0. The second-order valence-corrected chi connectivity index (χ2v) is 16.2. The third kappa shape index (κ3) is 6.47. The summed E-state index contributed by atoms with van der Waals surface area (Å²) in [5.74, 6) is -7.63. The number of anilines is 4. The molecule has 2 aliphatic carbocycles. The lowest BCUT2D eigenvalue weighted by Gasteiger charge is -2.50. The number of fused-ring (bicyclic) bond motifs is 4. The Bertz CT molecular complexity index is 2650. The van der Waals surface area contributed by atoms with Crippen LogP contribution in [0.5, 0.6) is 11.5 Å². The van der Waals surface area contributed by atoms with Crippen LogP contribution in [0.25, 0.3) is 0 Å². The number of carbonyl (C=O) groups is 4. The molecule has 3 heterocycles. The molecule has 4 aliphatic rings. The number of allylic oxidation sites excluding steroid dienone is 2. The number of methoxy groups -OCH3 is 1. The van der Waals surface area contributed by atoms with Crippen molar-refractivity contribution >= 4 is 69.7 Å². The molecular formula is C45H34Cl2F3N5O6. The zero-order valence-electron chi connectivity index (χ0n) is 32.0. The number of para-hydroxylation sites is 1. The molecule has 2 aliphatic heterocycles. The lowest BCUT2D eigenvalue weighted by atomic mass is 9.49. The van der Waals surface area contributed by atoms with Crippen molar-refractivity contribution in [2.45, 2.75) is 30.4 Å². The zero-order valence-corrected chi connectivity index (χ0v) is 33.5. The van der Waals surface area contributed by atoms with Gasteiger partial charge in [0.1, 0.15) is 0 Å². The summed E-state index contributed by atoms with van der Waals surface area (Å²) in [7, 11) is 1.38. The van der Waals surface area contributed by atoms with Gasteiger partial charge in [0, 0.05) is 28.5 Å². The van der Waals surface area contributed by atoms with Crippen molar-refractivity contribution in [3.8, 4) is 11.5 Å². The Balaban J connectivity index is 1.16.